The van der Waals surface area contributed by atoms with Crippen LogP contribution in [0.4, 0.5) is 51.2 Å². The molecule has 19 rings (SSSR count). The van der Waals surface area contributed by atoms with Crippen molar-refractivity contribution in [3.63, 3.8) is 0 Å². The van der Waals surface area contributed by atoms with Gasteiger partial charge in [-0.25, -0.2) is 0 Å². The molecule has 0 aliphatic rings. The van der Waals surface area contributed by atoms with Gasteiger partial charge in [0.25, 0.3) is 0 Å². The molecule has 0 N–H and O–H groups in total. The van der Waals surface area contributed by atoms with Gasteiger partial charge in [-0.05, 0) is 168 Å². The van der Waals surface area contributed by atoms with E-state index in [1.54, 1.807) is 0 Å². The summed E-state index contributed by atoms with van der Waals surface area (Å²) >= 11 is 0. The van der Waals surface area contributed by atoms with Crippen LogP contribution in [-0.4, -0.2) is 13.7 Å². The van der Waals surface area contributed by atoms with Gasteiger partial charge in [0, 0.05) is 99.7 Å². The summed E-state index contributed by atoms with van der Waals surface area (Å²) < 4.78 is 7.71. The summed E-state index contributed by atoms with van der Waals surface area (Å²) in [5, 5.41) is 14.3. The Morgan fingerprint density at radius 3 is 0.845 bits per heavy atom. The van der Waals surface area contributed by atoms with E-state index in [9.17, 15) is 0 Å². The van der Waals surface area contributed by atoms with Gasteiger partial charge >= 0.3 is 0 Å². The summed E-state index contributed by atoms with van der Waals surface area (Å²) in [5.41, 5.74) is 21.1. The Balaban J connectivity index is 0.897. The normalized spacial score (nSPS) is 11.8. The van der Waals surface area contributed by atoms with Crippen LogP contribution < -0.4 is 14.7 Å². The Kier molecular flexibility index (Phi) is 13.0. The molecule has 0 fully saturated rings. The summed E-state index contributed by atoms with van der Waals surface area (Å²) in [7, 11) is 0. The molecule has 0 unspecified atom stereocenters. The molecule has 0 atom stereocenters. The summed E-state index contributed by atoms with van der Waals surface area (Å²) in [6, 6.07) is 131. The van der Waals surface area contributed by atoms with Crippen molar-refractivity contribution in [3.8, 4) is 17.1 Å². The third kappa shape index (κ3) is 8.88. The third-order valence-corrected chi connectivity index (χ3v) is 19.8. The van der Waals surface area contributed by atoms with Crippen LogP contribution in [0.5, 0.6) is 0 Å². The number of anilines is 9. The highest BCUT2D eigenvalue weighted by molar-refractivity contribution is 6.40. The highest BCUT2D eigenvalue weighted by Gasteiger charge is 2.30. The molecule has 0 radical (unpaired) electrons. The maximum atomic E-state index is 2.59. The Bertz CT molecular complexity index is 6230. The van der Waals surface area contributed by atoms with E-state index in [1.165, 1.54) is 75.7 Å². The molecule has 3 heterocycles. The fraction of sp³-hybridized carbons (Fsp3) is 0.0110. The zero-order chi connectivity index (χ0) is 64.1. The molecular formula is C91H62N6. The predicted octanol–water partition coefficient (Wildman–Crippen LogP) is 25.2. The summed E-state index contributed by atoms with van der Waals surface area (Å²) in [5.74, 6) is 0. The number of para-hydroxylation sites is 6. The molecule has 456 valence electrons. The van der Waals surface area contributed by atoms with Gasteiger partial charge in [-0.2, -0.15) is 0 Å². The van der Waals surface area contributed by atoms with Gasteiger partial charge in [0.15, 0.2) is 0 Å². The molecule has 0 amide bonds. The molecule has 0 saturated carbocycles. The lowest BCUT2D eigenvalue weighted by molar-refractivity contribution is 1.16. The first-order valence-corrected chi connectivity index (χ1v) is 33.3. The summed E-state index contributed by atoms with van der Waals surface area (Å²) in [6.45, 7) is 2.28. The average molecular weight is 1240 g/mol. The van der Waals surface area contributed by atoms with Gasteiger partial charge in [-0.15, -0.1) is 0 Å². The first-order valence-electron chi connectivity index (χ1n) is 33.3. The van der Waals surface area contributed by atoms with Gasteiger partial charge in [-0.3, -0.25) is 0 Å². The van der Waals surface area contributed by atoms with Crippen LogP contribution in [0.1, 0.15) is 5.56 Å². The molecule has 6 nitrogen and oxygen atoms in total. The first kappa shape index (κ1) is 55.7. The van der Waals surface area contributed by atoms with E-state index in [4.69, 9.17) is 0 Å². The van der Waals surface area contributed by atoms with Crippen molar-refractivity contribution in [1.82, 2.24) is 13.7 Å². The third-order valence-electron chi connectivity index (χ3n) is 19.8. The van der Waals surface area contributed by atoms with E-state index in [0.29, 0.717) is 0 Å². The van der Waals surface area contributed by atoms with Gasteiger partial charge < -0.3 is 28.4 Å². The Morgan fingerprint density at radius 1 is 0.196 bits per heavy atom. The van der Waals surface area contributed by atoms with Crippen molar-refractivity contribution in [2.45, 2.75) is 6.92 Å². The summed E-state index contributed by atoms with van der Waals surface area (Å²) in [6.07, 6.45) is 0. The van der Waals surface area contributed by atoms with E-state index < -0.39 is 0 Å². The number of rotatable bonds is 12. The number of hydrogen-bond acceptors (Lipinski definition) is 3. The van der Waals surface area contributed by atoms with Crippen molar-refractivity contribution >= 4 is 149 Å². The minimum atomic E-state index is 1.06. The molecule has 0 spiro atoms. The van der Waals surface area contributed by atoms with Crippen LogP contribution in [0, 0.1) is 6.92 Å². The smallest absolute Gasteiger partial charge is 0.0663 e. The molecule has 0 aliphatic heterocycles. The zero-order valence-electron chi connectivity index (χ0n) is 53.2. The average Bonchev–Trinajstić information content (AvgIpc) is 1.51. The lowest BCUT2D eigenvalue weighted by atomic mass is 10.0. The topological polar surface area (TPSA) is 24.5 Å². The Morgan fingerprint density at radius 2 is 0.464 bits per heavy atom. The zero-order valence-corrected chi connectivity index (χ0v) is 53.2. The predicted molar refractivity (Wildman–Crippen MR) is 411 cm³/mol. The number of nitrogens with zero attached hydrogens (tertiary/aromatic N) is 6. The van der Waals surface area contributed by atoms with E-state index >= 15 is 0 Å². The molecule has 6 heteroatoms. The van der Waals surface area contributed by atoms with Crippen LogP contribution in [-0.2, 0) is 0 Å². The Labute approximate surface area is 561 Å². The van der Waals surface area contributed by atoms with E-state index in [-0.39, 0.29) is 0 Å². The van der Waals surface area contributed by atoms with Crippen molar-refractivity contribution in [2.75, 3.05) is 14.7 Å². The number of fused-ring (bicyclic) bond motifs is 15. The maximum Gasteiger partial charge on any atom is 0.0663 e. The molecule has 0 bridgehead atoms. The SMILES string of the molecule is Cc1cccc2c3c4c(c5ccccc5n4-c4ccc(N(c5ccccc5)c5cccc6ccccc56)cc4)c4c(c5ccccc5n4-c4ccc(N(c5ccccc5)c5cccc6ccccc56)cc4)c3n(-c3ccc(N(c4ccccc4)c4cccc5ccccc45)cc3)c12. The van der Waals surface area contributed by atoms with Crippen molar-refractivity contribution in [1.29, 1.82) is 0 Å². The lowest BCUT2D eigenvalue weighted by Gasteiger charge is -2.27. The molecule has 19 aromatic rings. The van der Waals surface area contributed by atoms with Crippen molar-refractivity contribution < 1.29 is 0 Å². The maximum absolute atomic E-state index is 2.59. The Hall–Kier alpha value is -12.9. The second kappa shape index (κ2) is 22.7. The van der Waals surface area contributed by atoms with Crippen LogP contribution in [0.2, 0.25) is 0 Å². The fourth-order valence-corrected chi connectivity index (χ4v) is 15.7. The highest BCUT2D eigenvalue weighted by Crippen LogP contribution is 2.52. The van der Waals surface area contributed by atoms with Gasteiger partial charge in [0.05, 0.1) is 50.2 Å². The monoisotopic (exact) mass is 1240 g/mol. The second-order valence-electron chi connectivity index (χ2n) is 25.2. The minimum Gasteiger partial charge on any atom is -0.310 e. The van der Waals surface area contributed by atoms with Gasteiger partial charge in [-0.1, -0.05) is 218 Å². The number of hydrogen-bond donors (Lipinski definition) is 0. The molecular weight excluding hydrogens is 1180 g/mol. The van der Waals surface area contributed by atoms with Gasteiger partial charge in [0.2, 0.25) is 0 Å². The van der Waals surface area contributed by atoms with Crippen LogP contribution in [0.15, 0.2) is 358 Å². The van der Waals surface area contributed by atoms with Crippen molar-refractivity contribution in [3.05, 3.63) is 363 Å². The van der Waals surface area contributed by atoms with Gasteiger partial charge in [0.1, 0.15) is 0 Å². The first-order chi connectivity index (χ1) is 48.1. The number of aryl methyl sites for hydroxylation is 1. The number of benzene rings is 16. The quantitative estimate of drug-likeness (QED) is 0.122. The van der Waals surface area contributed by atoms with Crippen LogP contribution in [0.3, 0.4) is 0 Å². The molecule has 0 saturated heterocycles. The van der Waals surface area contributed by atoms with E-state index in [2.05, 4.69) is 393 Å². The van der Waals surface area contributed by atoms with E-state index in [0.717, 1.165) is 95.8 Å². The lowest BCUT2D eigenvalue weighted by Crippen LogP contribution is -2.10. The molecule has 97 heavy (non-hydrogen) atoms. The fourth-order valence-electron chi connectivity index (χ4n) is 15.7. The number of aromatic nitrogens is 3. The second-order valence-corrected chi connectivity index (χ2v) is 25.2. The van der Waals surface area contributed by atoms with Crippen molar-refractivity contribution in [2.24, 2.45) is 0 Å². The minimum absolute atomic E-state index is 1.06. The van der Waals surface area contributed by atoms with Crippen LogP contribution in [0.25, 0.3) is 115 Å². The highest BCUT2D eigenvalue weighted by atomic mass is 15.2. The molecule has 0 aliphatic carbocycles. The largest absolute Gasteiger partial charge is 0.310 e. The van der Waals surface area contributed by atoms with Crippen LogP contribution >= 0.6 is 0 Å². The molecule has 3 aromatic heterocycles. The van der Waals surface area contributed by atoms with E-state index in [1.807, 2.05) is 0 Å². The summed E-state index contributed by atoms with van der Waals surface area (Å²) in [4.78, 5) is 7.19. The standard InChI is InChI=1S/C91H62N6/c1-61-25-21-43-79-87-90-85(77-41-17-19-44-83(77)96(90)72-57-51-69(52-58-72)93(66-34-7-3-8-35-66)81-47-23-30-63-27-12-15-39-75(63)81)89-86(91(87)97(88(61)79)73-59-53-70(54-60-73)94(67-36-9-4-10-37-67)82-48-24-31-64-28-13-16-40-76(64)82)78-42-18-20-45-84(78)95(89)71-55-49-68(50-56-71)92(65-32-5-2-6-33-65)80-46-22-29-62-26-11-14-38-74(62)80/h2-60H,1H3. The molecule has 16 aromatic carbocycles.